The minimum absolute atomic E-state index is 0.0985. The highest BCUT2D eigenvalue weighted by molar-refractivity contribution is 7.89. The number of sulfonamides is 1. The van der Waals surface area contributed by atoms with Crippen LogP contribution in [0.3, 0.4) is 0 Å². The van der Waals surface area contributed by atoms with Crippen molar-refractivity contribution in [1.82, 2.24) is 4.98 Å². The second-order valence-corrected chi connectivity index (χ2v) is 4.72. The Morgan fingerprint density at radius 3 is 2.33 bits per heavy atom. The van der Waals surface area contributed by atoms with Crippen molar-refractivity contribution < 1.29 is 8.42 Å². The fourth-order valence-electron chi connectivity index (χ4n) is 1.32. The molecule has 0 radical (unpaired) electrons. The van der Waals surface area contributed by atoms with Gasteiger partial charge in [0.1, 0.15) is 0 Å². The third-order valence-electron chi connectivity index (χ3n) is 2.07. The number of hydrogen-bond donors (Lipinski definition) is 2. The molecular weight excluding hydrogens is 212 g/mol. The Kier molecular flexibility index (Phi) is 2.34. The zero-order valence-corrected chi connectivity index (χ0v) is 8.66. The summed E-state index contributed by atoms with van der Waals surface area (Å²) in [4.78, 5) is 2.97. The van der Waals surface area contributed by atoms with Crippen molar-refractivity contribution in [2.45, 2.75) is 4.90 Å². The minimum atomic E-state index is -3.62. The number of rotatable bonds is 2. The molecule has 4 nitrogen and oxygen atoms in total. The summed E-state index contributed by atoms with van der Waals surface area (Å²) in [7, 11) is -3.62. The first-order valence-corrected chi connectivity index (χ1v) is 5.88. The fraction of sp³-hybridized carbons (Fsp3) is 0. The lowest BCUT2D eigenvalue weighted by Crippen LogP contribution is -2.10. The van der Waals surface area contributed by atoms with E-state index < -0.39 is 10.0 Å². The average molecular weight is 222 g/mol. The van der Waals surface area contributed by atoms with Gasteiger partial charge in [-0.3, -0.25) is 0 Å². The molecule has 0 aliphatic rings. The topological polar surface area (TPSA) is 76.0 Å². The molecule has 0 amide bonds. The molecule has 2 aromatic rings. The van der Waals surface area contributed by atoms with Crippen LogP contribution < -0.4 is 5.14 Å². The van der Waals surface area contributed by atoms with Gasteiger partial charge in [-0.05, 0) is 11.6 Å². The van der Waals surface area contributed by atoms with Crippen LogP contribution in [0, 0.1) is 0 Å². The molecule has 1 aromatic heterocycles. The number of aromatic nitrogens is 1. The Morgan fingerprint density at radius 2 is 1.80 bits per heavy atom. The molecule has 0 aliphatic heterocycles. The zero-order valence-electron chi connectivity index (χ0n) is 7.84. The van der Waals surface area contributed by atoms with Crippen molar-refractivity contribution in [3.63, 3.8) is 0 Å². The molecule has 15 heavy (non-hydrogen) atoms. The van der Waals surface area contributed by atoms with Crippen molar-refractivity contribution in [3.05, 3.63) is 42.6 Å². The molecule has 0 saturated carbocycles. The molecule has 78 valence electrons. The smallest absolute Gasteiger partial charge is 0.239 e. The summed E-state index contributed by atoms with van der Waals surface area (Å²) >= 11 is 0. The van der Waals surface area contributed by atoms with E-state index in [1.807, 2.05) is 30.3 Å². The predicted octanol–water partition coefficient (Wildman–Crippen LogP) is 1.33. The maximum atomic E-state index is 11.0. The van der Waals surface area contributed by atoms with E-state index in [0.717, 1.165) is 11.3 Å². The molecule has 0 saturated heterocycles. The van der Waals surface area contributed by atoms with Gasteiger partial charge in [0.2, 0.25) is 10.0 Å². The van der Waals surface area contributed by atoms with E-state index >= 15 is 0 Å². The third kappa shape index (κ3) is 2.08. The van der Waals surface area contributed by atoms with E-state index in [-0.39, 0.29) is 4.90 Å². The highest BCUT2D eigenvalue weighted by atomic mass is 32.2. The largest absolute Gasteiger partial charge is 0.360 e. The van der Waals surface area contributed by atoms with Gasteiger partial charge in [-0.15, -0.1) is 0 Å². The highest BCUT2D eigenvalue weighted by Gasteiger charge is 2.10. The number of nitrogens with two attached hydrogens (primary N) is 1. The molecule has 1 aromatic carbocycles. The van der Waals surface area contributed by atoms with Gasteiger partial charge in [-0.1, -0.05) is 30.3 Å². The molecule has 2 rings (SSSR count). The predicted molar refractivity (Wildman–Crippen MR) is 57.6 cm³/mol. The van der Waals surface area contributed by atoms with Gasteiger partial charge in [0, 0.05) is 11.9 Å². The van der Waals surface area contributed by atoms with Crippen molar-refractivity contribution in [1.29, 1.82) is 0 Å². The number of nitrogens with one attached hydrogen (secondary N) is 1. The monoisotopic (exact) mass is 222 g/mol. The first kappa shape index (κ1) is 9.95. The molecule has 0 spiro atoms. The van der Waals surface area contributed by atoms with Crippen LogP contribution in [-0.2, 0) is 10.0 Å². The van der Waals surface area contributed by atoms with Gasteiger partial charge in [-0.25, -0.2) is 13.6 Å². The Balaban J connectivity index is 2.46. The first-order chi connectivity index (χ1) is 7.07. The molecule has 0 fully saturated rings. The average Bonchev–Trinajstić information content (AvgIpc) is 2.67. The van der Waals surface area contributed by atoms with Crippen LogP contribution in [0.25, 0.3) is 11.3 Å². The molecule has 3 N–H and O–H groups in total. The van der Waals surface area contributed by atoms with Crippen LogP contribution in [0.2, 0.25) is 0 Å². The lowest BCUT2D eigenvalue weighted by molar-refractivity contribution is 0.598. The number of aromatic amines is 1. The fourth-order valence-corrected chi connectivity index (χ4v) is 1.83. The van der Waals surface area contributed by atoms with Crippen LogP contribution in [0.15, 0.2) is 47.5 Å². The van der Waals surface area contributed by atoms with Gasteiger partial charge in [0.15, 0.2) is 0 Å². The summed E-state index contributed by atoms with van der Waals surface area (Å²) in [5.41, 5.74) is 1.66. The summed E-state index contributed by atoms with van der Waals surface area (Å²) in [6.45, 7) is 0. The van der Waals surface area contributed by atoms with E-state index in [9.17, 15) is 8.42 Å². The van der Waals surface area contributed by atoms with Gasteiger partial charge in [0.25, 0.3) is 0 Å². The lowest BCUT2D eigenvalue weighted by Gasteiger charge is -1.95. The van der Waals surface area contributed by atoms with Crippen LogP contribution in [0.1, 0.15) is 0 Å². The van der Waals surface area contributed by atoms with E-state index in [0.29, 0.717) is 0 Å². The standard InChI is InChI=1S/C10H10N2O2S/c11-15(13,14)9-6-10(12-7-9)8-4-2-1-3-5-8/h1-7,12H,(H2,11,13,14). The molecule has 0 atom stereocenters. The summed E-state index contributed by atoms with van der Waals surface area (Å²) in [6, 6.07) is 11.0. The first-order valence-electron chi connectivity index (χ1n) is 4.34. The summed E-state index contributed by atoms with van der Waals surface area (Å²) in [6.07, 6.45) is 1.39. The second kappa shape index (κ2) is 3.52. The molecule has 5 heteroatoms. The molecular formula is C10H10N2O2S. The minimum Gasteiger partial charge on any atom is -0.360 e. The van der Waals surface area contributed by atoms with E-state index in [4.69, 9.17) is 5.14 Å². The summed E-state index contributed by atoms with van der Waals surface area (Å²) < 4.78 is 22.1. The summed E-state index contributed by atoms with van der Waals surface area (Å²) in [5, 5.41) is 5.00. The van der Waals surface area contributed by atoms with Crippen molar-refractivity contribution >= 4 is 10.0 Å². The third-order valence-corrected chi connectivity index (χ3v) is 2.96. The molecule has 0 bridgehead atoms. The van der Waals surface area contributed by atoms with E-state index in [1.54, 1.807) is 0 Å². The quantitative estimate of drug-likeness (QED) is 0.804. The molecule has 0 aliphatic carbocycles. The van der Waals surface area contributed by atoms with Crippen molar-refractivity contribution in [2.24, 2.45) is 5.14 Å². The number of benzene rings is 1. The van der Waals surface area contributed by atoms with Gasteiger partial charge in [-0.2, -0.15) is 0 Å². The molecule has 0 unspecified atom stereocenters. The van der Waals surface area contributed by atoms with E-state index in [2.05, 4.69) is 4.98 Å². The van der Waals surface area contributed by atoms with Crippen LogP contribution in [0.5, 0.6) is 0 Å². The lowest BCUT2D eigenvalue weighted by atomic mass is 10.2. The molecule has 1 heterocycles. The van der Waals surface area contributed by atoms with Gasteiger partial charge < -0.3 is 4.98 Å². The van der Waals surface area contributed by atoms with Crippen LogP contribution in [-0.4, -0.2) is 13.4 Å². The maximum Gasteiger partial charge on any atom is 0.239 e. The Bertz CT molecular complexity index is 558. The maximum absolute atomic E-state index is 11.0. The van der Waals surface area contributed by atoms with Crippen molar-refractivity contribution in [3.8, 4) is 11.3 Å². The van der Waals surface area contributed by atoms with Gasteiger partial charge >= 0.3 is 0 Å². The van der Waals surface area contributed by atoms with E-state index in [1.165, 1.54) is 12.3 Å². The zero-order chi connectivity index (χ0) is 10.9. The highest BCUT2D eigenvalue weighted by Crippen LogP contribution is 2.20. The number of primary sulfonamides is 1. The summed E-state index contributed by atoms with van der Waals surface area (Å²) in [5.74, 6) is 0. The number of hydrogen-bond acceptors (Lipinski definition) is 2. The Labute approximate surface area is 87.8 Å². The normalized spacial score (nSPS) is 11.5. The Morgan fingerprint density at radius 1 is 1.13 bits per heavy atom. The van der Waals surface area contributed by atoms with Crippen molar-refractivity contribution in [2.75, 3.05) is 0 Å². The van der Waals surface area contributed by atoms with Crippen LogP contribution in [0.4, 0.5) is 0 Å². The number of H-pyrrole nitrogens is 1. The van der Waals surface area contributed by atoms with Crippen LogP contribution >= 0.6 is 0 Å². The van der Waals surface area contributed by atoms with Gasteiger partial charge in [0.05, 0.1) is 4.90 Å². The second-order valence-electron chi connectivity index (χ2n) is 3.16. The SMILES string of the molecule is NS(=O)(=O)c1c[nH]c(-c2ccccc2)c1. The Hall–Kier alpha value is -1.59.